The van der Waals surface area contributed by atoms with Crippen molar-refractivity contribution in [3.05, 3.63) is 12.2 Å². The highest BCUT2D eigenvalue weighted by Gasteiger charge is 2.70. The van der Waals surface area contributed by atoms with Gasteiger partial charge < -0.3 is 10.4 Å². The Morgan fingerprint density at radius 3 is 2.29 bits per heavy atom. The van der Waals surface area contributed by atoms with Crippen molar-refractivity contribution in [3.63, 3.8) is 0 Å². The van der Waals surface area contributed by atoms with Gasteiger partial charge in [-0.3, -0.25) is 0 Å². The Balaban J connectivity index is 1.55. The Hall–Kier alpha value is -0.340. The average molecular weight is 428 g/mol. The second kappa shape index (κ2) is 6.84. The number of rotatable bonds is 2. The van der Waals surface area contributed by atoms with E-state index in [1.54, 1.807) is 0 Å². The summed E-state index contributed by atoms with van der Waals surface area (Å²) in [6.07, 6.45) is 11.9. The first-order valence-corrected chi connectivity index (χ1v) is 13.5. The van der Waals surface area contributed by atoms with Crippen molar-refractivity contribution in [2.24, 2.45) is 51.2 Å². The molecule has 4 aliphatic carbocycles. The summed E-state index contributed by atoms with van der Waals surface area (Å²) < 4.78 is 0. The van der Waals surface area contributed by atoms with Crippen LogP contribution in [0.5, 0.6) is 0 Å². The van der Waals surface area contributed by atoms with Gasteiger partial charge >= 0.3 is 0 Å². The predicted molar refractivity (Wildman–Crippen MR) is 130 cm³/mol. The third-order valence-electron chi connectivity index (χ3n) is 12.9. The topological polar surface area (TPSA) is 32.3 Å². The summed E-state index contributed by atoms with van der Waals surface area (Å²) >= 11 is 0. The molecule has 176 valence electrons. The molecule has 0 spiro atoms. The molecule has 2 N–H and O–H groups in total. The third kappa shape index (κ3) is 2.70. The van der Waals surface area contributed by atoms with E-state index in [9.17, 15) is 5.11 Å². The zero-order valence-electron chi connectivity index (χ0n) is 21.3. The molecule has 0 bridgehead atoms. The fraction of sp³-hybridized carbons (Fsp3) is 0.931. The molecule has 0 aromatic rings. The molecule has 9 atom stereocenters. The number of hydrogen-bond acceptors (Lipinski definition) is 2. The van der Waals surface area contributed by atoms with E-state index in [-0.39, 0.29) is 11.0 Å². The third-order valence-corrected chi connectivity index (χ3v) is 12.9. The lowest BCUT2D eigenvalue weighted by Crippen LogP contribution is -2.69. The normalized spacial score (nSPS) is 55.5. The van der Waals surface area contributed by atoms with Crippen molar-refractivity contribution in [2.45, 2.75) is 105 Å². The molecule has 5 fully saturated rings. The Labute approximate surface area is 192 Å². The Morgan fingerprint density at radius 2 is 1.61 bits per heavy atom. The predicted octanol–water partition coefficient (Wildman–Crippen LogP) is 6.59. The minimum atomic E-state index is 0.175. The smallest absolute Gasteiger partial charge is 0.0490 e. The number of piperidine rings is 1. The molecule has 2 nitrogen and oxygen atoms in total. The molecule has 1 aliphatic heterocycles. The molecule has 1 heterocycles. The summed E-state index contributed by atoms with van der Waals surface area (Å²) in [5.41, 5.74) is 3.12. The zero-order chi connectivity index (χ0) is 22.4. The van der Waals surface area contributed by atoms with Crippen molar-refractivity contribution < 1.29 is 5.11 Å². The van der Waals surface area contributed by atoms with Gasteiger partial charge in [0, 0.05) is 12.1 Å². The zero-order valence-corrected chi connectivity index (χ0v) is 21.3. The van der Waals surface area contributed by atoms with Gasteiger partial charge in [0.1, 0.15) is 0 Å². The van der Waals surface area contributed by atoms with Gasteiger partial charge in [-0.15, -0.1) is 0 Å². The van der Waals surface area contributed by atoms with Gasteiger partial charge in [-0.25, -0.2) is 0 Å². The van der Waals surface area contributed by atoms with E-state index in [2.05, 4.69) is 53.4 Å². The summed E-state index contributed by atoms with van der Waals surface area (Å²) in [6.45, 7) is 21.3. The van der Waals surface area contributed by atoms with E-state index >= 15 is 0 Å². The number of fused-ring (bicyclic) bond motifs is 7. The second-order valence-corrected chi connectivity index (χ2v) is 14.1. The van der Waals surface area contributed by atoms with Crippen molar-refractivity contribution in [2.75, 3.05) is 13.2 Å². The molecule has 1 saturated heterocycles. The van der Waals surface area contributed by atoms with Crippen LogP contribution in [0.25, 0.3) is 0 Å². The second-order valence-electron chi connectivity index (χ2n) is 14.1. The molecule has 2 heteroatoms. The van der Waals surface area contributed by atoms with Crippen molar-refractivity contribution in [1.82, 2.24) is 5.32 Å². The summed E-state index contributed by atoms with van der Waals surface area (Å²) in [5, 5.41) is 14.5. The maximum Gasteiger partial charge on any atom is 0.0490 e. The summed E-state index contributed by atoms with van der Waals surface area (Å²) in [5.74, 6) is 3.67. The van der Waals surface area contributed by atoms with Crippen LogP contribution in [-0.4, -0.2) is 23.8 Å². The van der Waals surface area contributed by atoms with Gasteiger partial charge in [-0.1, -0.05) is 32.9 Å². The number of allylic oxidation sites excluding steroid dienone is 1. The summed E-state index contributed by atoms with van der Waals surface area (Å²) in [7, 11) is 0. The van der Waals surface area contributed by atoms with Crippen molar-refractivity contribution in [3.8, 4) is 0 Å². The van der Waals surface area contributed by atoms with Crippen molar-refractivity contribution >= 4 is 0 Å². The Kier molecular flexibility index (Phi) is 4.96. The molecule has 2 unspecified atom stereocenters. The molecular formula is C29H49NO. The lowest BCUT2D eigenvalue weighted by atomic mass is 9.33. The fourth-order valence-electron chi connectivity index (χ4n) is 11.2. The fourth-order valence-corrected chi connectivity index (χ4v) is 11.2. The highest BCUT2D eigenvalue weighted by Crippen LogP contribution is 2.76. The highest BCUT2D eigenvalue weighted by molar-refractivity contribution is 5.21. The van der Waals surface area contributed by atoms with Crippen molar-refractivity contribution in [1.29, 1.82) is 0 Å². The Morgan fingerprint density at radius 1 is 0.871 bits per heavy atom. The molecule has 5 rings (SSSR count). The standard InChI is InChI=1S/C29H49NO/c1-19(2)20-10-13-29(18-31)15-14-27(6)21(24(20)29)8-9-23-26(5)16-17-30-25(3,4)22(26)11-12-28(23,27)7/h20-24,30-31H,1,8-18H2,2-7H3/t20?,21-,22?,23-,24-,26+,27-,28-,29-/m1/s1. The average Bonchev–Trinajstić information content (AvgIpc) is 3.08. The van der Waals surface area contributed by atoms with Crippen LogP contribution in [0.1, 0.15) is 99.3 Å². The summed E-state index contributed by atoms with van der Waals surface area (Å²) in [4.78, 5) is 0. The Bertz CT molecular complexity index is 758. The first-order chi connectivity index (χ1) is 14.5. The highest BCUT2D eigenvalue weighted by atomic mass is 16.3. The van der Waals surface area contributed by atoms with Crippen LogP contribution >= 0.6 is 0 Å². The molecular weight excluding hydrogens is 378 g/mol. The van der Waals surface area contributed by atoms with E-state index in [1.807, 2.05) is 0 Å². The molecule has 0 aromatic carbocycles. The van der Waals surface area contributed by atoms with Crippen LogP contribution in [-0.2, 0) is 0 Å². The van der Waals surface area contributed by atoms with Crippen LogP contribution in [0.2, 0.25) is 0 Å². The SMILES string of the molecule is C=C(C)C1CC[C@]2(CO)CC[C@]3(C)[C@H](CC[C@@H]4[C@@]5(C)CCNC(C)(C)C5CC[C@]43C)[C@@H]12. The monoisotopic (exact) mass is 427 g/mol. The largest absolute Gasteiger partial charge is 0.396 e. The van der Waals surface area contributed by atoms with E-state index in [0.717, 1.165) is 17.8 Å². The van der Waals surface area contributed by atoms with Gasteiger partial charge in [0.15, 0.2) is 0 Å². The molecule has 5 aliphatic rings. The van der Waals surface area contributed by atoms with Gasteiger partial charge in [0.25, 0.3) is 0 Å². The molecule has 0 amide bonds. The minimum Gasteiger partial charge on any atom is -0.396 e. The number of aliphatic hydroxyl groups is 1. The lowest BCUT2D eigenvalue weighted by molar-refractivity contribution is -0.233. The van der Waals surface area contributed by atoms with Gasteiger partial charge in [0.05, 0.1) is 0 Å². The van der Waals surface area contributed by atoms with E-state index < -0.39 is 0 Å². The van der Waals surface area contributed by atoms with Crippen LogP contribution in [0, 0.1) is 51.2 Å². The van der Waals surface area contributed by atoms with Crippen LogP contribution in [0.4, 0.5) is 0 Å². The van der Waals surface area contributed by atoms with Gasteiger partial charge in [-0.05, 0) is 136 Å². The quantitative estimate of drug-likeness (QED) is 0.487. The van der Waals surface area contributed by atoms with E-state index in [4.69, 9.17) is 0 Å². The maximum absolute atomic E-state index is 10.6. The van der Waals surface area contributed by atoms with Crippen LogP contribution in [0.3, 0.4) is 0 Å². The maximum atomic E-state index is 10.6. The van der Waals surface area contributed by atoms with Crippen LogP contribution < -0.4 is 5.32 Å². The molecule has 0 aromatic heterocycles. The summed E-state index contributed by atoms with van der Waals surface area (Å²) in [6, 6.07) is 0. The molecule has 0 radical (unpaired) electrons. The molecule has 31 heavy (non-hydrogen) atoms. The minimum absolute atomic E-state index is 0.175. The van der Waals surface area contributed by atoms with Gasteiger partial charge in [-0.2, -0.15) is 0 Å². The number of hydrogen-bond donors (Lipinski definition) is 2. The first kappa shape index (κ1) is 22.5. The molecule has 4 saturated carbocycles. The van der Waals surface area contributed by atoms with Crippen LogP contribution in [0.15, 0.2) is 12.2 Å². The van der Waals surface area contributed by atoms with E-state index in [1.165, 1.54) is 69.9 Å². The first-order valence-electron chi connectivity index (χ1n) is 13.5. The lowest BCUT2D eigenvalue weighted by Gasteiger charge is -2.72. The number of nitrogens with one attached hydrogen (secondary N) is 1. The number of aliphatic hydroxyl groups excluding tert-OH is 1. The van der Waals surface area contributed by atoms with E-state index in [0.29, 0.717) is 34.7 Å². The van der Waals surface area contributed by atoms with Gasteiger partial charge in [0.2, 0.25) is 0 Å².